The lowest BCUT2D eigenvalue weighted by molar-refractivity contribution is -0.113. The summed E-state index contributed by atoms with van der Waals surface area (Å²) in [5.74, 6) is 2.10. The molecule has 0 fully saturated rings. The molecule has 2 N–H and O–H groups in total. The fourth-order valence-electron chi connectivity index (χ4n) is 3.56. The average molecular weight is 436 g/mol. The Balaban J connectivity index is 1.75. The number of hydrogen-bond acceptors (Lipinski definition) is 6. The number of amides is 1. The lowest BCUT2D eigenvalue weighted by Gasteiger charge is -2.28. The molecule has 1 aliphatic heterocycles. The van der Waals surface area contributed by atoms with E-state index >= 15 is 0 Å². The summed E-state index contributed by atoms with van der Waals surface area (Å²) in [5.41, 5.74) is 3.02. The normalized spacial score (nSPS) is 15.3. The van der Waals surface area contributed by atoms with Crippen LogP contribution in [-0.2, 0) is 4.79 Å². The first-order valence-corrected chi connectivity index (χ1v) is 11.3. The lowest BCUT2D eigenvalue weighted by Crippen LogP contribution is -2.31. The van der Waals surface area contributed by atoms with Gasteiger partial charge in [0.25, 0.3) is 5.91 Å². The van der Waals surface area contributed by atoms with Gasteiger partial charge in [0, 0.05) is 11.4 Å². The van der Waals surface area contributed by atoms with E-state index in [0.717, 1.165) is 28.5 Å². The van der Waals surface area contributed by atoms with Gasteiger partial charge in [0.15, 0.2) is 0 Å². The van der Waals surface area contributed by atoms with Crippen molar-refractivity contribution in [1.29, 1.82) is 0 Å². The number of benzene rings is 2. The minimum atomic E-state index is -0.408. The number of aromatic nitrogens is 3. The summed E-state index contributed by atoms with van der Waals surface area (Å²) < 4.78 is 7.38. The number of nitrogens with one attached hydrogen (secondary N) is 2. The number of rotatable bonds is 7. The van der Waals surface area contributed by atoms with Gasteiger partial charge in [0.05, 0.1) is 12.2 Å². The molecule has 1 aliphatic rings. The minimum absolute atomic E-state index is 0.180. The van der Waals surface area contributed by atoms with Crippen molar-refractivity contribution in [3.63, 3.8) is 0 Å². The molecule has 0 saturated heterocycles. The van der Waals surface area contributed by atoms with Crippen LogP contribution in [0, 0.1) is 0 Å². The Labute approximate surface area is 185 Å². The predicted molar refractivity (Wildman–Crippen MR) is 124 cm³/mol. The number of ether oxygens (including phenoxy) is 1. The van der Waals surface area contributed by atoms with Crippen LogP contribution in [0.25, 0.3) is 0 Å². The van der Waals surface area contributed by atoms with E-state index in [9.17, 15) is 4.79 Å². The average Bonchev–Trinajstić information content (AvgIpc) is 3.16. The predicted octanol–water partition coefficient (Wildman–Crippen LogP) is 4.72. The van der Waals surface area contributed by atoms with Gasteiger partial charge in [-0.15, -0.1) is 5.10 Å². The van der Waals surface area contributed by atoms with Crippen molar-refractivity contribution in [3.8, 4) is 5.75 Å². The van der Waals surface area contributed by atoms with Gasteiger partial charge in [0.2, 0.25) is 11.1 Å². The molecule has 1 unspecified atom stereocenters. The molecule has 3 aromatic rings. The van der Waals surface area contributed by atoms with Crippen molar-refractivity contribution < 1.29 is 9.53 Å². The van der Waals surface area contributed by atoms with E-state index in [1.165, 1.54) is 0 Å². The molecule has 8 heteroatoms. The molecule has 160 valence electrons. The van der Waals surface area contributed by atoms with Gasteiger partial charge in [-0.05, 0) is 49.4 Å². The third-order valence-electron chi connectivity index (χ3n) is 4.89. The SMILES string of the molecule is CCOc1ccc(C2C(C(=O)Nc3ccccc3)=C(C)Nc3nc(SCC)nn32)cc1. The van der Waals surface area contributed by atoms with Crippen LogP contribution in [0.4, 0.5) is 11.6 Å². The number of carbonyl (C=O) groups is 1. The Bertz CT molecular complexity index is 1090. The van der Waals surface area contributed by atoms with Gasteiger partial charge in [-0.25, -0.2) is 4.68 Å². The summed E-state index contributed by atoms with van der Waals surface area (Å²) in [5, 5.41) is 11.6. The van der Waals surface area contributed by atoms with Gasteiger partial charge in [-0.1, -0.05) is 49.0 Å². The van der Waals surface area contributed by atoms with Gasteiger partial charge >= 0.3 is 0 Å². The van der Waals surface area contributed by atoms with Crippen LogP contribution in [0.2, 0.25) is 0 Å². The van der Waals surface area contributed by atoms with Crippen molar-refractivity contribution in [2.45, 2.75) is 32.0 Å². The van der Waals surface area contributed by atoms with Crippen LogP contribution in [0.1, 0.15) is 32.4 Å². The summed E-state index contributed by atoms with van der Waals surface area (Å²) in [7, 11) is 0. The molecule has 0 aliphatic carbocycles. The van der Waals surface area contributed by atoms with Gasteiger partial charge in [0.1, 0.15) is 11.8 Å². The fourth-order valence-corrected chi connectivity index (χ4v) is 4.11. The van der Waals surface area contributed by atoms with Crippen LogP contribution in [-0.4, -0.2) is 33.0 Å². The maximum atomic E-state index is 13.4. The van der Waals surface area contributed by atoms with Crippen LogP contribution in [0.5, 0.6) is 5.75 Å². The first-order chi connectivity index (χ1) is 15.1. The van der Waals surface area contributed by atoms with E-state index in [4.69, 9.17) is 9.84 Å². The fraction of sp³-hybridized carbons (Fsp3) is 0.261. The second-order valence-corrected chi connectivity index (χ2v) is 8.22. The van der Waals surface area contributed by atoms with E-state index in [-0.39, 0.29) is 5.91 Å². The van der Waals surface area contributed by atoms with Gasteiger partial charge in [-0.3, -0.25) is 4.79 Å². The number of allylic oxidation sites excluding steroid dienone is 1. The van der Waals surface area contributed by atoms with Crippen LogP contribution >= 0.6 is 11.8 Å². The molecule has 0 saturated carbocycles. The highest BCUT2D eigenvalue weighted by molar-refractivity contribution is 7.99. The standard InChI is InChI=1S/C23H25N5O2S/c1-4-30-18-13-11-16(12-14-18)20-19(21(29)25-17-9-7-6-8-10-17)15(3)24-22-26-23(31-5-2)27-28(20)22/h6-14,20H,4-5H2,1-3H3,(H,25,29)(H,24,26,27). The third-order valence-corrected chi connectivity index (χ3v) is 5.61. The smallest absolute Gasteiger partial charge is 0.255 e. The van der Waals surface area contributed by atoms with Crippen LogP contribution < -0.4 is 15.4 Å². The monoisotopic (exact) mass is 435 g/mol. The molecule has 0 radical (unpaired) electrons. The number of hydrogen-bond donors (Lipinski definition) is 2. The number of nitrogens with zero attached hydrogens (tertiary/aromatic N) is 3. The minimum Gasteiger partial charge on any atom is -0.494 e. The van der Waals surface area contributed by atoms with Crippen LogP contribution in [0.3, 0.4) is 0 Å². The summed E-state index contributed by atoms with van der Waals surface area (Å²) in [6.07, 6.45) is 0. The van der Waals surface area contributed by atoms with E-state index < -0.39 is 6.04 Å². The first-order valence-electron chi connectivity index (χ1n) is 10.3. The van der Waals surface area contributed by atoms with Crippen LogP contribution in [0.15, 0.2) is 71.0 Å². The molecule has 1 aromatic heterocycles. The van der Waals surface area contributed by atoms with Crippen molar-refractivity contribution in [3.05, 3.63) is 71.4 Å². The summed E-state index contributed by atoms with van der Waals surface area (Å²) in [6.45, 7) is 6.51. The Hall–Kier alpha value is -3.26. The van der Waals surface area contributed by atoms with E-state index in [0.29, 0.717) is 23.3 Å². The molecule has 1 amide bonds. The largest absolute Gasteiger partial charge is 0.494 e. The Morgan fingerprint density at radius 3 is 2.58 bits per heavy atom. The van der Waals surface area contributed by atoms with Crippen molar-refractivity contribution in [1.82, 2.24) is 14.8 Å². The molecule has 2 aromatic carbocycles. The second-order valence-electron chi connectivity index (χ2n) is 6.98. The molecule has 7 nitrogen and oxygen atoms in total. The van der Waals surface area contributed by atoms with E-state index in [1.54, 1.807) is 16.4 Å². The van der Waals surface area contributed by atoms with Gasteiger partial charge in [-0.2, -0.15) is 4.98 Å². The zero-order chi connectivity index (χ0) is 21.8. The third kappa shape index (κ3) is 4.44. The van der Waals surface area contributed by atoms with Crippen molar-refractivity contribution in [2.24, 2.45) is 0 Å². The topological polar surface area (TPSA) is 81.1 Å². The maximum absolute atomic E-state index is 13.4. The van der Waals surface area contributed by atoms with Crippen molar-refractivity contribution in [2.75, 3.05) is 23.0 Å². The zero-order valence-corrected chi connectivity index (χ0v) is 18.6. The molecule has 2 heterocycles. The quantitative estimate of drug-likeness (QED) is 0.523. The number of thioether (sulfide) groups is 1. The van der Waals surface area contributed by atoms with E-state index in [2.05, 4.69) is 22.5 Å². The Kier molecular flexibility index (Phi) is 6.27. The lowest BCUT2D eigenvalue weighted by atomic mass is 9.95. The number of para-hydroxylation sites is 1. The summed E-state index contributed by atoms with van der Waals surface area (Å²) >= 11 is 1.57. The first kappa shape index (κ1) is 21.0. The Morgan fingerprint density at radius 1 is 1.16 bits per heavy atom. The maximum Gasteiger partial charge on any atom is 0.255 e. The molecule has 0 bridgehead atoms. The highest BCUT2D eigenvalue weighted by Gasteiger charge is 2.34. The Morgan fingerprint density at radius 2 is 1.90 bits per heavy atom. The molecule has 31 heavy (non-hydrogen) atoms. The zero-order valence-electron chi connectivity index (χ0n) is 17.8. The van der Waals surface area contributed by atoms with E-state index in [1.807, 2.05) is 68.4 Å². The second kappa shape index (κ2) is 9.26. The molecule has 1 atom stereocenters. The number of fused-ring (bicyclic) bond motifs is 1. The van der Waals surface area contributed by atoms with Gasteiger partial charge < -0.3 is 15.4 Å². The summed E-state index contributed by atoms with van der Waals surface area (Å²) in [6, 6.07) is 16.8. The summed E-state index contributed by atoms with van der Waals surface area (Å²) in [4.78, 5) is 18.0. The molecular formula is C23H25N5O2S. The number of carbonyl (C=O) groups excluding carboxylic acids is 1. The van der Waals surface area contributed by atoms with Crippen molar-refractivity contribution >= 4 is 29.3 Å². The highest BCUT2D eigenvalue weighted by Crippen LogP contribution is 2.37. The molecule has 0 spiro atoms. The highest BCUT2D eigenvalue weighted by atomic mass is 32.2. The molecule has 4 rings (SSSR count). The molecular weight excluding hydrogens is 410 g/mol. The number of anilines is 2.